The quantitative estimate of drug-likeness (QED) is 0.667. The molecule has 1 aliphatic rings. The van der Waals surface area contributed by atoms with Gasteiger partial charge in [0.1, 0.15) is 24.0 Å². The lowest BCUT2D eigenvalue weighted by atomic mass is 9.83. The molecule has 0 aliphatic carbocycles. The zero-order valence-corrected chi connectivity index (χ0v) is 17.2. The first-order valence-corrected chi connectivity index (χ1v) is 9.58. The second-order valence-corrected chi connectivity index (χ2v) is 6.84. The Labute approximate surface area is 182 Å². The number of hydrogen-bond donors (Lipinski definition) is 1. The molecular weight excluding hydrogens is 425 g/mol. The molecule has 0 spiro atoms. The van der Waals surface area contributed by atoms with E-state index in [0.29, 0.717) is 5.56 Å². The highest BCUT2D eigenvalue weighted by Gasteiger charge is 2.36. The SMILES string of the molecule is CCOC(=O)C1=C(C)OC(N)=C(C#N)C1c1ccc(OCc2ccc(F)c(F)c2)c(F)c1. The van der Waals surface area contributed by atoms with Crippen LogP contribution in [0.3, 0.4) is 0 Å². The Bertz CT molecular complexity index is 1170. The fraction of sp³-hybridized carbons (Fsp3) is 0.217. The van der Waals surface area contributed by atoms with Crippen LogP contribution in [0.2, 0.25) is 0 Å². The summed E-state index contributed by atoms with van der Waals surface area (Å²) >= 11 is 0. The number of halogens is 3. The summed E-state index contributed by atoms with van der Waals surface area (Å²) in [5, 5.41) is 9.57. The molecule has 1 heterocycles. The van der Waals surface area contributed by atoms with E-state index in [0.717, 1.165) is 18.2 Å². The largest absolute Gasteiger partial charge is 0.486 e. The van der Waals surface area contributed by atoms with Crippen LogP contribution in [-0.4, -0.2) is 12.6 Å². The minimum atomic E-state index is -1.04. The number of hydrogen-bond acceptors (Lipinski definition) is 6. The van der Waals surface area contributed by atoms with Crippen molar-refractivity contribution in [3.05, 3.63) is 87.8 Å². The Morgan fingerprint density at radius 3 is 2.53 bits per heavy atom. The molecule has 0 amide bonds. The van der Waals surface area contributed by atoms with E-state index in [1.807, 2.05) is 6.07 Å². The van der Waals surface area contributed by atoms with Gasteiger partial charge < -0.3 is 19.9 Å². The molecular formula is C23H19F3N2O4. The lowest BCUT2D eigenvalue weighted by Gasteiger charge is -2.27. The average Bonchev–Trinajstić information content (AvgIpc) is 2.74. The summed E-state index contributed by atoms with van der Waals surface area (Å²) in [5.74, 6) is -4.73. The van der Waals surface area contributed by atoms with Gasteiger partial charge in [-0.1, -0.05) is 12.1 Å². The maximum absolute atomic E-state index is 14.8. The molecule has 3 rings (SSSR count). The predicted molar refractivity (Wildman–Crippen MR) is 107 cm³/mol. The molecule has 1 unspecified atom stereocenters. The van der Waals surface area contributed by atoms with Crippen LogP contribution in [0.4, 0.5) is 13.2 Å². The van der Waals surface area contributed by atoms with Gasteiger partial charge in [-0.3, -0.25) is 0 Å². The Hall–Kier alpha value is -3.93. The Balaban J connectivity index is 1.92. The van der Waals surface area contributed by atoms with Crippen LogP contribution in [0.5, 0.6) is 5.75 Å². The van der Waals surface area contributed by atoms with Gasteiger partial charge in [-0.05, 0) is 49.2 Å². The Kier molecular flexibility index (Phi) is 6.73. The van der Waals surface area contributed by atoms with Crippen molar-refractivity contribution in [3.8, 4) is 11.8 Å². The van der Waals surface area contributed by atoms with Gasteiger partial charge in [-0.25, -0.2) is 18.0 Å². The van der Waals surface area contributed by atoms with E-state index < -0.39 is 29.3 Å². The molecule has 0 saturated carbocycles. The summed E-state index contributed by atoms with van der Waals surface area (Å²) in [7, 11) is 0. The second-order valence-electron chi connectivity index (χ2n) is 6.84. The van der Waals surface area contributed by atoms with E-state index in [9.17, 15) is 23.2 Å². The van der Waals surface area contributed by atoms with Crippen LogP contribution < -0.4 is 10.5 Å². The predicted octanol–water partition coefficient (Wildman–Crippen LogP) is 4.33. The minimum absolute atomic E-state index is 0.0347. The number of allylic oxidation sites excluding steroid dienone is 2. The molecule has 0 bridgehead atoms. The number of carbonyl (C=O) groups excluding carboxylic acids is 1. The summed E-state index contributed by atoms with van der Waals surface area (Å²) in [5.41, 5.74) is 6.36. The van der Waals surface area contributed by atoms with Gasteiger partial charge in [0.2, 0.25) is 5.88 Å². The van der Waals surface area contributed by atoms with Gasteiger partial charge in [-0.2, -0.15) is 5.26 Å². The molecule has 166 valence electrons. The van der Waals surface area contributed by atoms with Crippen LogP contribution in [0.15, 0.2) is 59.2 Å². The smallest absolute Gasteiger partial charge is 0.338 e. The molecule has 2 aromatic carbocycles. The number of rotatable bonds is 6. The van der Waals surface area contributed by atoms with Gasteiger partial charge in [0, 0.05) is 0 Å². The number of nitrogens with two attached hydrogens (primary N) is 1. The number of ether oxygens (including phenoxy) is 3. The average molecular weight is 444 g/mol. The van der Waals surface area contributed by atoms with Crippen molar-refractivity contribution in [2.75, 3.05) is 6.61 Å². The van der Waals surface area contributed by atoms with Gasteiger partial charge >= 0.3 is 5.97 Å². The molecule has 6 nitrogen and oxygen atoms in total. The number of nitrogens with zero attached hydrogens (tertiary/aromatic N) is 1. The minimum Gasteiger partial charge on any atom is -0.486 e. The van der Waals surface area contributed by atoms with Crippen molar-refractivity contribution in [2.45, 2.75) is 26.4 Å². The molecule has 0 fully saturated rings. The molecule has 0 saturated heterocycles. The zero-order valence-electron chi connectivity index (χ0n) is 17.2. The molecule has 1 aliphatic heterocycles. The van der Waals surface area contributed by atoms with Gasteiger partial charge in [0.25, 0.3) is 0 Å². The van der Waals surface area contributed by atoms with Gasteiger partial charge in [-0.15, -0.1) is 0 Å². The van der Waals surface area contributed by atoms with E-state index in [4.69, 9.17) is 19.9 Å². The first kappa shape index (κ1) is 22.7. The third kappa shape index (κ3) is 4.54. The highest BCUT2D eigenvalue weighted by Crippen LogP contribution is 2.40. The maximum atomic E-state index is 14.8. The van der Waals surface area contributed by atoms with Crippen LogP contribution in [-0.2, 0) is 20.9 Å². The fourth-order valence-electron chi connectivity index (χ4n) is 3.29. The number of carbonyl (C=O) groups is 1. The van der Waals surface area contributed by atoms with E-state index in [-0.39, 0.29) is 47.3 Å². The third-order valence-electron chi connectivity index (χ3n) is 4.77. The maximum Gasteiger partial charge on any atom is 0.338 e. The fourth-order valence-corrected chi connectivity index (χ4v) is 3.29. The van der Waals surface area contributed by atoms with Crippen LogP contribution in [0, 0.1) is 28.8 Å². The molecule has 2 N–H and O–H groups in total. The van der Waals surface area contributed by atoms with E-state index in [1.54, 1.807) is 6.92 Å². The summed E-state index contributed by atoms with van der Waals surface area (Å²) in [6.45, 7) is 3.01. The molecule has 2 aromatic rings. The van der Waals surface area contributed by atoms with Crippen molar-refractivity contribution >= 4 is 5.97 Å². The number of nitriles is 1. The summed E-state index contributed by atoms with van der Waals surface area (Å²) in [6.07, 6.45) is 0. The third-order valence-corrected chi connectivity index (χ3v) is 4.77. The van der Waals surface area contributed by atoms with Gasteiger partial charge in [0.05, 0.1) is 18.1 Å². The van der Waals surface area contributed by atoms with Crippen molar-refractivity contribution in [3.63, 3.8) is 0 Å². The molecule has 9 heteroatoms. The van der Waals surface area contributed by atoms with E-state index >= 15 is 0 Å². The lowest BCUT2D eigenvalue weighted by Crippen LogP contribution is -2.25. The van der Waals surface area contributed by atoms with Crippen LogP contribution in [0.25, 0.3) is 0 Å². The first-order valence-electron chi connectivity index (χ1n) is 9.58. The molecule has 0 aromatic heterocycles. The van der Waals surface area contributed by atoms with E-state index in [2.05, 4.69) is 0 Å². The van der Waals surface area contributed by atoms with Crippen LogP contribution in [0.1, 0.15) is 30.9 Å². The van der Waals surface area contributed by atoms with E-state index in [1.165, 1.54) is 25.1 Å². The second kappa shape index (κ2) is 9.47. The highest BCUT2D eigenvalue weighted by molar-refractivity contribution is 5.92. The number of esters is 1. The Morgan fingerprint density at radius 2 is 1.91 bits per heavy atom. The zero-order chi connectivity index (χ0) is 23.4. The van der Waals surface area contributed by atoms with Crippen molar-refractivity contribution in [2.24, 2.45) is 5.73 Å². The van der Waals surface area contributed by atoms with Gasteiger partial charge in [0.15, 0.2) is 23.2 Å². The molecule has 0 radical (unpaired) electrons. The topological polar surface area (TPSA) is 94.6 Å². The molecule has 1 atom stereocenters. The first-order chi connectivity index (χ1) is 15.3. The van der Waals surface area contributed by atoms with Crippen LogP contribution >= 0.6 is 0 Å². The Morgan fingerprint density at radius 1 is 1.16 bits per heavy atom. The standard InChI is InChI=1S/C23H19F3N2O4/c1-3-30-23(29)20-12(2)32-22(28)15(10-27)21(20)14-5-7-19(18(26)9-14)31-11-13-4-6-16(24)17(25)8-13/h4-9,21H,3,11,28H2,1-2H3. The monoisotopic (exact) mass is 444 g/mol. The summed E-state index contributed by atoms with van der Waals surface area (Å²) < 4.78 is 56.9. The number of benzene rings is 2. The van der Waals surface area contributed by atoms with Crippen molar-refractivity contribution in [1.29, 1.82) is 5.26 Å². The lowest BCUT2D eigenvalue weighted by molar-refractivity contribution is -0.139. The summed E-state index contributed by atoms with van der Waals surface area (Å²) in [6, 6.07) is 9.01. The van der Waals surface area contributed by atoms with Crippen molar-refractivity contribution < 1.29 is 32.2 Å². The molecule has 32 heavy (non-hydrogen) atoms. The van der Waals surface area contributed by atoms with Crippen molar-refractivity contribution in [1.82, 2.24) is 0 Å². The normalized spacial score (nSPS) is 15.8. The highest BCUT2D eigenvalue weighted by atomic mass is 19.2. The summed E-state index contributed by atoms with van der Waals surface area (Å²) in [4.78, 5) is 12.5.